The van der Waals surface area contributed by atoms with Crippen LogP contribution < -0.4 is 15.8 Å². The fourth-order valence-corrected chi connectivity index (χ4v) is 2.63. The molecule has 19 heavy (non-hydrogen) atoms. The molecule has 2 rings (SSSR count). The summed E-state index contributed by atoms with van der Waals surface area (Å²) in [5, 5.41) is 3.12. The van der Waals surface area contributed by atoms with Crippen molar-refractivity contribution in [1.82, 2.24) is 5.32 Å². The summed E-state index contributed by atoms with van der Waals surface area (Å²) in [5.41, 5.74) is 6.90. The Bertz CT molecular complexity index is 459. The number of nitrogen functional groups attached to an aromatic ring is 1. The average Bonchev–Trinajstić information content (AvgIpc) is 2.42. The van der Waals surface area contributed by atoms with Crippen LogP contribution in [0.15, 0.2) is 18.2 Å². The van der Waals surface area contributed by atoms with Crippen LogP contribution in [0.2, 0.25) is 0 Å². The van der Waals surface area contributed by atoms with Gasteiger partial charge in [0.1, 0.15) is 5.75 Å². The van der Waals surface area contributed by atoms with E-state index in [0.29, 0.717) is 22.9 Å². The number of carbonyl (C=O) groups is 1. The van der Waals surface area contributed by atoms with E-state index >= 15 is 0 Å². The summed E-state index contributed by atoms with van der Waals surface area (Å²) >= 11 is 0. The van der Waals surface area contributed by atoms with Crippen LogP contribution in [0.3, 0.4) is 0 Å². The zero-order chi connectivity index (χ0) is 13.8. The number of benzene rings is 1. The normalized spacial score (nSPS) is 22.8. The number of amides is 1. The van der Waals surface area contributed by atoms with Crippen molar-refractivity contribution in [2.24, 2.45) is 5.92 Å². The van der Waals surface area contributed by atoms with Crippen LogP contribution in [0, 0.1) is 5.92 Å². The zero-order valence-electron chi connectivity index (χ0n) is 11.6. The highest BCUT2D eigenvalue weighted by atomic mass is 16.5. The third kappa shape index (κ3) is 3.19. The molecule has 4 heteroatoms. The topological polar surface area (TPSA) is 64.3 Å². The lowest BCUT2D eigenvalue weighted by atomic mass is 9.86. The molecule has 0 bridgehead atoms. The van der Waals surface area contributed by atoms with Gasteiger partial charge in [0, 0.05) is 11.6 Å². The van der Waals surface area contributed by atoms with E-state index in [1.807, 2.05) is 0 Å². The molecule has 0 aromatic heterocycles. The van der Waals surface area contributed by atoms with E-state index in [-0.39, 0.29) is 11.9 Å². The number of carbonyl (C=O) groups excluding carboxylic acids is 1. The smallest absolute Gasteiger partial charge is 0.251 e. The van der Waals surface area contributed by atoms with E-state index < -0.39 is 0 Å². The van der Waals surface area contributed by atoms with Crippen molar-refractivity contribution < 1.29 is 9.53 Å². The Morgan fingerprint density at radius 1 is 1.37 bits per heavy atom. The van der Waals surface area contributed by atoms with Crippen molar-refractivity contribution in [2.75, 3.05) is 12.8 Å². The molecular formula is C15H22N2O2. The number of methoxy groups -OCH3 is 1. The molecule has 104 valence electrons. The number of nitrogens with one attached hydrogen (secondary N) is 1. The van der Waals surface area contributed by atoms with E-state index in [0.717, 1.165) is 6.42 Å². The second kappa shape index (κ2) is 5.95. The molecule has 0 aliphatic heterocycles. The van der Waals surface area contributed by atoms with Gasteiger partial charge in [-0.15, -0.1) is 0 Å². The van der Waals surface area contributed by atoms with Gasteiger partial charge in [0.25, 0.3) is 5.91 Å². The maximum Gasteiger partial charge on any atom is 0.251 e. The van der Waals surface area contributed by atoms with Gasteiger partial charge in [-0.3, -0.25) is 4.79 Å². The molecule has 4 nitrogen and oxygen atoms in total. The summed E-state index contributed by atoms with van der Waals surface area (Å²) in [7, 11) is 1.55. The zero-order valence-corrected chi connectivity index (χ0v) is 11.6. The van der Waals surface area contributed by atoms with Gasteiger partial charge < -0.3 is 15.8 Å². The molecule has 0 radical (unpaired) electrons. The minimum atomic E-state index is -0.0444. The Labute approximate surface area is 114 Å². The molecule has 1 amide bonds. The Kier molecular flexibility index (Phi) is 4.30. The predicted molar refractivity (Wildman–Crippen MR) is 76.3 cm³/mol. The molecule has 0 heterocycles. The van der Waals surface area contributed by atoms with Crippen molar-refractivity contribution in [1.29, 1.82) is 0 Å². The first-order valence-electron chi connectivity index (χ1n) is 6.86. The Balaban J connectivity index is 2.07. The van der Waals surface area contributed by atoms with E-state index in [1.165, 1.54) is 19.3 Å². The molecule has 1 aromatic rings. The van der Waals surface area contributed by atoms with Crippen LogP contribution >= 0.6 is 0 Å². The first-order chi connectivity index (χ1) is 9.11. The lowest BCUT2D eigenvalue weighted by Crippen LogP contribution is -2.41. The number of rotatable bonds is 3. The molecular weight excluding hydrogens is 240 g/mol. The summed E-state index contributed by atoms with van der Waals surface area (Å²) in [6, 6.07) is 5.42. The van der Waals surface area contributed by atoms with Crippen LogP contribution in [-0.2, 0) is 0 Å². The minimum Gasteiger partial charge on any atom is -0.495 e. The van der Waals surface area contributed by atoms with E-state index in [4.69, 9.17) is 10.5 Å². The van der Waals surface area contributed by atoms with Crippen LogP contribution in [0.4, 0.5) is 5.69 Å². The molecule has 1 aromatic carbocycles. The first kappa shape index (κ1) is 13.7. The van der Waals surface area contributed by atoms with Gasteiger partial charge in [0.05, 0.1) is 12.8 Å². The summed E-state index contributed by atoms with van der Waals surface area (Å²) in [4.78, 5) is 12.2. The summed E-state index contributed by atoms with van der Waals surface area (Å²) in [6.07, 6.45) is 4.72. The van der Waals surface area contributed by atoms with Crippen molar-refractivity contribution >= 4 is 11.6 Å². The highest BCUT2D eigenvalue weighted by molar-refractivity contribution is 5.95. The molecule has 2 atom stereocenters. The lowest BCUT2D eigenvalue weighted by Gasteiger charge is -2.29. The number of ether oxygens (including phenoxy) is 1. The van der Waals surface area contributed by atoms with Crippen molar-refractivity contribution in [2.45, 2.75) is 38.6 Å². The fraction of sp³-hybridized carbons (Fsp3) is 0.533. The van der Waals surface area contributed by atoms with Gasteiger partial charge in [-0.05, 0) is 37.0 Å². The van der Waals surface area contributed by atoms with Gasteiger partial charge in [0.2, 0.25) is 0 Å². The molecule has 1 aliphatic rings. The second-order valence-corrected chi connectivity index (χ2v) is 5.30. The van der Waals surface area contributed by atoms with E-state index in [1.54, 1.807) is 25.3 Å². The summed E-state index contributed by atoms with van der Waals surface area (Å²) < 4.78 is 5.14. The molecule has 0 saturated heterocycles. The summed E-state index contributed by atoms with van der Waals surface area (Å²) in [6.45, 7) is 2.20. The number of hydrogen-bond acceptors (Lipinski definition) is 3. The molecule has 1 aliphatic carbocycles. The fourth-order valence-electron chi connectivity index (χ4n) is 2.63. The first-order valence-corrected chi connectivity index (χ1v) is 6.86. The quantitative estimate of drug-likeness (QED) is 0.823. The third-order valence-electron chi connectivity index (χ3n) is 3.92. The van der Waals surface area contributed by atoms with Crippen molar-refractivity contribution in [3.05, 3.63) is 23.8 Å². The van der Waals surface area contributed by atoms with E-state index in [2.05, 4.69) is 12.2 Å². The van der Waals surface area contributed by atoms with Crippen LogP contribution in [0.1, 0.15) is 43.0 Å². The highest BCUT2D eigenvalue weighted by Gasteiger charge is 2.23. The minimum absolute atomic E-state index is 0.0444. The monoisotopic (exact) mass is 262 g/mol. The number of anilines is 1. The van der Waals surface area contributed by atoms with E-state index in [9.17, 15) is 4.79 Å². The van der Waals surface area contributed by atoms with Gasteiger partial charge in [-0.1, -0.05) is 19.8 Å². The van der Waals surface area contributed by atoms with Gasteiger partial charge in [0.15, 0.2) is 0 Å². The SMILES string of the molecule is COc1cc(C(=O)NC2CCCCC2C)ccc1N. The van der Waals surface area contributed by atoms with Gasteiger partial charge >= 0.3 is 0 Å². The Morgan fingerprint density at radius 3 is 2.79 bits per heavy atom. The van der Waals surface area contributed by atoms with Crippen LogP contribution in [0.25, 0.3) is 0 Å². The third-order valence-corrected chi connectivity index (χ3v) is 3.92. The van der Waals surface area contributed by atoms with Crippen LogP contribution in [0.5, 0.6) is 5.75 Å². The number of nitrogens with two attached hydrogens (primary N) is 1. The molecule has 2 unspecified atom stereocenters. The molecule has 1 saturated carbocycles. The maximum absolute atomic E-state index is 12.2. The Hall–Kier alpha value is -1.71. The molecule has 1 fully saturated rings. The maximum atomic E-state index is 12.2. The summed E-state index contributed by atoms with van der Waals surface area (Å²) in [5.74, 6) is 1.05. The highest BCUT2D eigenvalue weighted by Crippen LogP contribution is 2.25. The Morgan fingerprint density at radius 2 is 2.11 bits per heavy atom. The lowest BCUT2D eigenvalue weighted by molar-refractivity contribution is 0.0910. The number of hydrogen-bond donors (Lipinski definition) is 2. The average molecular weight is 262 g/mol. The standard InChI is InChI=1S/C15H22N2O2/c1-10-5-3-4-6-13(10)17-15(18)11-7-8-12(16)14(9-11)19-2/h7-10,13H,3-6,16H2,1-2H3,(H,17,18). The largest absolute Gasteiger partial charge is 0.495 e. The van der Waals surface area contributed by atoms with Crippen LogP contribution in [-0.4, -0.2) is 19.1 Å². The molecule has 0 spiro atoms. The van der Waals surface area contributed by atoms with Gasteiger partial charge in [-0.2, -0.15) is 0 Å². The van der Waals surface area contributed by atoms with Crippen molar-refractivity contribution in [3.8, 4) is 5.75 Å². The van der Waals surface area contributed by atoms with Gasteiger partial charge in [-0.25, -0.2) is 0 Å². The molecule has 3 N–H and O–H groups in total. The second-order valence-electron chi connectivity index (χ2n) is 5.30. The predicted octanol–water partition coefficient (Wildman–Crippen LogP) is 2.59. The van der Waals surface area contributed by atoms with Crippen molar-refractivity contribution in [3.63, 3.8) is 0 Å².